The van der Waals surface area contributed by atoms with Crippen LogP contribution >= 0.6 is 0 Å². The molecule has 0 saturated heterocycles. The van der Waals surface area contributed by atoms with Gasteiger partial charge in [-0.1, -0.05) is 25.7 Å². The molecule has 1 aliphatic carbocycles. The highest BCUT2D eigenvalue weighted by Gasteiger charge is 2.22. The Balaban J connectivity index is 1.65. The Morgan fingerprint density at radius 1 is 1.12 bits per heavy atom. The lowest BCUT2D eigenvalue weighted by atomic mass is 10.1. The summed E-state index contributed by atoms with van der Waals surface area (Å²) in [5.74, 6) is 0.965. The van der Waals surface area contributed by atoms with Crippen LogP contribution in [0.1, 0.15) is 45.4 Å². The minimum absolute atomic E-state index is 0.0193. The first-order valence-electron chi connectivity index (χ1n) is 8.60. The minimum atomic E-state index is -0.176. The van der Waals surface area contributed by atoms with Gasteiger partial charge in [-0.05, 0) is 25.0 Å². The first kappa shape index (κ1) is 16.6. The average Bonchev–Trinajstić information content (AvgIpc) is 2.88. The Morgan fingerprint density at radius 3 is 2.54 bits per heavy atom. The third-order valence-electron chi connectivity index (χ3n) is 4.57. The fourth-order valence-electron chi connectivity index (χ4n) is 3.28. The van der Waals surface area contributed by atoms with Gasteiger partial charge in [-0.15, -0.1) is 0 Å². The number of fused-ring (bicyclic) bond motifs is 1. The van der Waals surface area contributed by atoms with Crippen LogP contribution in [-0.2, 0) is 9.59 Å². The molecular weight excluding hydrogens is 308 g/mol. The van der Waals surface area contributed by atoms with Crippen molar-refractivity contribution in [2.75, 3.05) is 18.2 Å². The van der Waals surface area contributed by atoms with E-state index in [4.69, 9.17) is 9.47 Å². The molecule has 3 rings (SSSR count). The number of nitrogens with one attached hydrogen (secondary N) is 1. The van der Waals surface area contributed by atoms with Crippen molar-refractivity contribution in [3.8, 4) is 11.5 Å². The summed E-state index contributed by atoms with van der Waals surface area (Å²) < 4.78 is 10.6. The smallest absolute Gasteiger partial charge is 0.240 e. The molecule has 6 nitrogen and oxygen atoms in total. The predicted octanol–water partition coefficient (Wildman–Crippen LogP) is 2.61. The standard InChI is InChI=1S/C18H24N2O4/c1-13(21)20(15-8-9-16-17(10-15)24-12-23-16)11-18(22)19-14-6-4-2-3-5-7-14/h8-10,14H,2-7,11-12H2,1H3,(H,19,22). The second kappa shape index (κ2) is 7.55. The lowest BCUT2D eigenvalue weighted by Gasteiger charge is -2.23. The van der Waals surface area contributed by atoms with Crippen molar-refractivity contribution in [1.29, 1.82) is 0 Å². The normalized spacial score (nSPS) is 17.2. The van der Waals surface area contributed by atoms with Gasteiger partial charge in [0.1, 0.15) is 6.54 Å². The van der Waals surface area contributed by atoms with Crippen LogP contribution in [0.25, 0.3) is 0 Å². The Bertz CT molecular complexity index is 609. The van der Waals surface area contributed by atoms with Crippen LogP contribution in [0.15, 0.2) is 18.2 Å². The first-order chi connectivity index (χ1) is 11.6. The van der Waals surface area contributed by atoms with Crippen LogP contribution in [0.5, 0.6) is 11.5 Å². The Kier molecular flexibility index (Phi) is 5.23. The molecule has 0 spiro atoms. The molecule has 0 aromatic heterocycles. The number of amides is 2. The Morgan fingerprint density at radius 2 is 1.83 bits per heavy atom. The SMILES string of the molecule is CC(=O)N(CC(=O)NC1CCCCCC1)c1ccc2c(c1)OCO2. The van der Waals surface area contributed by atoms with E-state index in [1.54, 1.807) is 18.2 Å². The quantitative estimate of drug-likeness (QED) is 0.861. The second-order valence-electron chi connectivity index (χ2n) is 6.40. The van der Waals surface area contributed by atoms with E-state index in [1.165, 1.54) is 24.7 Å². The van der Waals surface area contributed by atoms with Crippen molar-refractivity contribution in [2.24, 2.45) is 0 Å². The van der Waals surface area contributed by atoms with Crippen LogP contribution in [0.3, 0.4) is 0 Å². The summed E-state index contributed by atoms with van der Waals surface area (Å²) in [6.45, 7) is 1.66. The van der Waals surface area contributed by atoms with Crippen LogP contribution in [0.2, 0.25) is 0 Å². The largest absolute Gasteiger partial charge is 0.454 e. The van der Waals surface area contributed by atoms with E-state index < -0.39 is 0 Å². The Hall–Kier alpha value is -2.24. The lowest BCUT2D eigenvalue weighted by Crippen LogP contribution is -2.43. The summed E-state index contributed by atoms with van der Waals surface area (Å²) in [6, 6.07) is 5.50. The first-order valence-corrected chi connectivity index (χ1v) is 8.60. The van der Waals surface area contributed by atoms with E-state index in [-0.39, 0.29) is 31.2 Å². The zero-order chi connectivity index (χ0) is 16.9. The van der Waals surface area contributed by atoms with Crippen LogP contribution in [0, 0.1) is 0 Å². The maximum Gasteiger partial charge on any atom is 0.240 e. The summed E-state index contributed by atoms with van der Waals surface area (Å²) in [6.07, 6.45) is 6.84. The topological polar surface area (TPSA) is 67.9 Å². The highest BCUT2D eigenvalue weighted by molar-refractivity contribution is 5.97. The number of nitrogens with zero attached hydrogens (tertiary/aromatic N) is 1. The van der Waals surface area contributed by atoms with Crippen molar-refractivity contribution in [1.82, 2.24) is 5.32 Å². The molecule has 24 heavy (non-hydrogen) atoms. The van der Waals surface area contributed by atoms with Gasteiger partial charge in [0, 0.05) is 24.7 Å². The highest BCUT2D eigenvalue weighted by Crippen LogP contribution is 2.35. The van der Waals surface area contributed by atoms with Gasteiger partial charge in [-0.3, -0.25) is 9.59 Å². The van der Waals surface area contributed by atoms with Gasteiger partial charge in [0.15, 0.2) is 11.5 Å². The van der Waals surface area contributed by atoms with Gasteiger partial charge in [0.05, 0.1) is 0 Å². The number of rotatable bonds is 4. The minimum Gasteiger partial charge on any atom is -0.454 e. The second-order valence-corrected chi connectivity index (χ2v) is 6.40. The molecule has 0 bridgehead atoms. The fraction of sp³-hybridized carbons (Fsp3) is 0.556. The molecule has 1 N–H and O–H groups in total. The van der Waals surface area contributed by atoms with Crippen molar-refractivity contribution >= 4 is 17.5 Å². The third-order valence-corrected chi connectivity index (χ3v) is 4.57. The summed E-state index contributed by atoms with van der Waals surface area (Å²) in [5.41, 5.74) is 0.641. The highest BCUT2D eigenvalue weighted by atomic mass is 16.7. The van der Waals surface area contributed by atoms with E-state index in [0.717, 1.165) is 25.7 Å². The predicted molar refractivity (Wildman–Crippen MR) is 90.2 cm³/mol. The summed E-state index contributed by atoms with van der Waals surface area (Å²) >= 11 is 0. The molecule has 6 heteroatoms. The van der Waals surface area contributed by atoms with E-state index in [2.05, 4.69) is 5.32 Å². The lowest BCUT2D eigenvalue weighted by molar-refractivity contribution is -0.123. The molecular formula is C18H24N2O4. The molecule has 1 heterocycles. The molecule has 0 unspecified atom stereocenters. The molecule has 1 aromatic rings. The van der Waals surface area contributed by atoms with E-state index >= 15 is 0 Å². The monoisotopic (exact) mass is 332 g/mol. The van der Waals surface area contributed by atoms with E-state index in [0.29, 0.717) is 17.2 Å². The molecule has 1 saturated carbocycles. The molecule has 1 aliphatic heterocycles. The summed E-state index contributed by atoms with van der Waals surface area (Å²) in [7, 11) is 0. The number of hydrogen-bond acceptors (Lipinski definition) is 4. The average molecular weight is 332 g/mol. The van der Waals surface area contributed by atoms with Crippen LogP contribution in [0.4, 0.5) is 5.69 Å². The molecule has 0 radical (unpaired) electrons. The number of carbonyl (C=O) groups is 2. The fourth-order valence-corrected chi connectivity index (χ4v) is 3.28. The zero-order valence-electron chi connectivity index (χ0n) is 14.0. The van der Waals surface area contributed by atoms with Crippen molar-refractivity contribution < 1.29 is 19.1 Å². The van der Waals surface area contributed by atoms with Gasteiger partial charge < -0.3 is 19.7 Å². The van der Waals surface area contributed by atoms with Gasteiger partial charge in [-0.2, -0.15) is 0 Å². The van der Waals surface area contributed by atoms with Crippen molar-refractivity contribution in [3.05, 3.63) is 18.2 Å². The van der Waals surface area contributed by atoms with Crippen LogP contribution in [-0.4, -0.2) is 31.2 Å². The maximum absolute atomic E-state index is 12.4. The number of carbonyl (C=O) groups excluding carboxylic acids is 2. The number of anilines is 1. The Labute approximate surface area is 142 Å². The molecule has 130 valence electrons. The molecule has 2 amide bonds. The van der Waals surface area contributed by atoms with Gasteiger partial charge in [-0.25, -0.2) is 0 Å². The molecule has 1 aromatic carbocycles. The van der Waals surface area contributed by atoms with Crippen LogP contribution < -0.4 is 19.7 Å². The molecule has 0 atom stereocenters. The van der Waals surface area contributed by atoms with Gasteiger partial charge in [0.2, 0.25) is 18.6 Å². The number of hydrogen-bond donors (Lipinski definition) is 1. The van der Waals surface area contributed by atoms with E-state index in [1.807, 2.05) is 0 Å². The third kappa shape index (κ3) is 3.99. The molecule has 1 fully saturated rings. The molecule has 2 aliphatic rings. The van der Waals surface area contributed by atoms with Gasteiger partial charge >= 0.3 is 0 Å². The van der Waals surface area contributed by atoms with E-state index in [9.17, 15) is 9.59 Å². The summed E-state index contributed by atoms with van der Waals surface area (Å²) in [5, 5.41) is 3.08. The zero-order valence-corrected chi connectivity index (χ0v) is 14.0. The van der Waals surface area contributed by atoms with Crippen molar-refractivity contribution in [3.63, 3.8) is 0 Å². The maximum atomic E-state index is 12.4. The summed E-state index contributed by atoms with van der Waals surface area (Å²) in [4.78, 5) is 25.9. The number of benzene rings is 1. The van der Waals surface area contributed by atoms with Crippen molar-refractivity contribution in [2.45, 2.75) is 51.5 Å². The van der Waals surface area contributed by atoms with Gasteiger partial charge in [0.25, 0.3) is 0 Å². The number of ether oxygens (including phenoxy) is 2.